The first-order chi connectivity index (χ1) is 13.9. The van der Waals surface area contributed by atoms with E-state index in [-0.39, 0.29) is 12.2 Å². The van der Waals surface area contributed by atoms with Crippen molar-refractivity contribution in [1.29, 1.82) is 0 Å². The number of carbonyl (C=O) groups excluding carboxylic acids is 3. The van der Waals surface area contributed by atoms with E-state index < -0.39 is 30.3 Å². The summed E-state index contributed by atoms with van der Waals surface area (Å²) in [7, 11) is 1.34. The lowest BCUT2D eigenvalue weighted by Gasteiger charge is -2.08. The van der Waals surface area contributed by atoms with Gasteiger partial charge in [0.25, 0.3) is 5.91 Å². The Morgan fingerprint density at radius 1 is 1.03 bits per heavy atom. The van der Waals surface area contributed by atoms with Gasteiger partial charge in [0, 0.05) is 5.69 Å². The number of anilines is 1. The Bertz CT molecular complexity index is 866. The predicted molar refractivity (Wildman–Crippen MR) is 103 cm³/mol. The van der Waals surface area contributed by atoms with Crippen molar-refractivity contribution in [3.63, 3.8) is 0 Å². The second kappa shape index (κ2) is 10.8. The van der Waals surface area contributed by atoms with E-state index in [2.05, 4.69) is 5.32 Å². The van der Waals surface area contributed by atoms with Gasteiger partial charge in [0.15, 0.2) is 18.2 Å². The molecule has 8 heteroatoms. The number of halogens is 1. The zero-order chi connectivity index (χ0) is 21.2. The molecule has 0 aliphatic heterocycles. The highest BCUT2D eigenvalue weighted by Crippen LogP contribution is 2.18. The Kier molecular flexibility index (Phi) is 8.14. The number of hydrogen-bond donors (Lipinski definition) is 1. The van der Waals surface area contributed by atoms with Gasteiger partial charge in [-0.25, -0.2) is 9.18 Å². The maximum absolute atomic E-state index is 13.6. The molecule has 0 fully saturated rings. The van der Waals surface area contributed by atoms with Crippen LogP contribution in [-0.2, 0) is 25.5 Å². The SMILES string of the molecule is CCCOC(=O)c1ccc(NC(=O)COC(=O)Cc2ccc(OC)c(F)c2)cc1. The molecule has 0 saturated heterocycles. The van der Waals surface area contributed by atoms with Crippen LogP contribution in [0.4, 0.5) is 10.1 Å². The van der Waals surface area contributed by atoms with Crippen LogP contribution in [0.25, 0.3) is 0 Å². The van der Waals surface area contributed by atoms with Crippen LogP contribution in [0.3, 0.4) is 0 Å². The van der Waals surface area contributed by atoms with E-state index in [0.717, 1.165) is 6.42 Å². The average Bonchev–Trinajstić information content (AvgIpc) is 2.71. The van der Waals surface area contributed by atoms with Crippen molar-refractivity contribution in [1.82, 2.24) is 0 Å². The lowest BCUT2D eigenvalue weighted by atomic mass is 10.1. The van der Waals surface area contributed by atoms with Crippen molar-refractivity contribution >= 4 is 23.5 Å². The third-order valence-electron chi connectivity index (χ3n) is 3.77. The molecule has 2 aromatic carbocycles. The molecule has 0 atom stereocenters. The maximum atomic E-state index is 13.6. The first-order valence-electron chi connectivity index (χ1n) is 8.98. The van der Waals surface area contributed by atoms with E-state index in [1.54, 1.807) is 12.1 Å². The minimum absolute atomic E-state index is 0.0751. The molecule has 1 N–H and O–H groups in total. The van der Waals surface area contributed by atoms with Crippen LogP contribution in [0.15, 0.2) is 42.5 Å². The molecule has 0 aromatic heterocycles. The normalized spacial score (nSPS) is 10.2. The number of esters is 2. The van der Waals surface area contributed by atoms with E-state index >= 15 is 0 Å². The number of rotatable bonds is 9. The largest absolute Gasteiger partial charge is 0.494 e. The highest BCUT2D eigenvalue weighted by Gasteiger charge is 2.12. The lowest BCUT2D eigenvalue weighted by Crippen LogP contribution is -2.21. The molecule has 2 rings (SSSR count). The second-order valence-electron chi connectivity index (χ2n) is 6.07. The summed E-state index contributed by atoms with van der Waals surface area (Å²) in [6, 6.07) is 10.3. The Balaban J connectivity index is 1.79. The van der Waals surface area contributed by atoms with Gasteiger partial charge in [0.1, 0.15) is 0 Å². The van der Waals surface area contributed by atoms with Crippen LogP contribution in [0.5, 0.6) is 5.75 Å². The monoisotopic (exact) mass is 403 g/mol. The quantitative estimate of drug-likeness (QED) is 0.647. The van der Waals surface area contributed by atoms with E-state index in [0.29, 0.717) is 23.4 Å². The van der Waals surface area contributed by atoms with Crippen LogP contribution < -0.4 is 10.1 Å². The van der Waals surface area contributed by atoms with Crippen molar-refractivity contribution in [3.8, 4) is 5.75 Å². The number of ether oxygens (including phenoxy) is 3. The van der Waals surface area contributed by atoms with Gasteiger partial charge >= 0.3 is 11.9 Å². The molecule has 1 amide bonds. The lowest BCUT2D eigenvalue weighted by molar-refractivity contribution is -0.146. The predicted octanol–water partition coefficient (Wildman–Crippen LogP) is 3.13. The van der Waals surface area contributed by atoms with E-state index in [9.17, 15) is 18.8 Å². The van der Waals surface area contributed by atoms with Crippen molar-refractivity contribution < 1.29 is 33.0 Å². The number of amides is 1. The number of benzene rings is 2. The number of methoxy groups -OCH3 is 1. The number of carbonyl (C=O) groups is 3. The van der Waals surface area contributed by atoms with E-state index in [1.807, 2.05) is 6.92 Å². The maximum Gasteiger partial charge on any atom is 0.338 e. The molecule has 0 unspecified atom stereocenters. The van der Waals surface area contributed by atoms with Crippen molar-refractivity contribution in [2.24, 2.45) is 0 Å². The molecule has 29 heavy (non-hydrogen) atoms. The van der Waals surface area contributed by atoms with Crippen molar-refractivity contribution in [3.05, 3.63) is 59.4 Å². The smallest absolute Gasteiger partial charge is 0.338 e. The first kappa shape index (κ1) is 21.9. The molecule has 154 valence electrons. The molecule has 0 aliphatic rings. The molecule has 2 aromatic rings. The second-order valence-corrected chi connectivity index (χ2v) is 6.07. The summed E-state index contributed by atoms with van der Waals surface area (Å²) in [6.07, 6.45) is 0.550. The van der Waals surface area contributed by atoms with Crippen LogP contribution in [0.2, 0.25) is 0 Å². The van der Waals surface area contributed by atoms with Crippen molar-refractivity contribution in [2.75, 3.05) is 25.6 Å². The van der Waals surface area contributed by atoms with Crippen LogP contribution in [0, 0.1) is 5.82 Å². The summed E-state index contributed by atoms with van der Waals surface area (Å²) in [5.74, 6) is -2.16. The standard InChI is InChI=1S/C21H22FNO6/c1-3-10-28-21(26)15-5-7-16(8-6-15)23-19(24)13-29-20(25)12-14-4-9-18(27-2)17(22)11-14/h4-9,11H,3,10,12-13H2,1-2H3,(H,23,24). The van der Waals surface area contributed by atoms with Crippen LogP contribution >= 0.6 is 0 Å². The molecular formula is C21H22FNO6. The van der Waals surface area contributed by atoms with Gasteiger partial charge in [-0.3, -0.25) is 9.59 Å². The van der Waals surface area contributed by atoms with Gasteiger partial charge in [-0.05, 0) is 48.4 Å². The molecule has 7 nitrogen and oxygen atoms in total. The van der Waals surface area contributed by atoms with E-state index in [1.165, 1.54) is 37.4 Å². The Hall–Kier alpha value is -3.42. The topological polar surface area (TPSA) is 90.9 Å². The molecule has 0 bridgehead atoms. The Labute approximate surface area is 167 Å². The third kappa shape index (κ3) is 6.91. The van der Waals surface area contributed by atoms with Gasteiger partial charge in [-0.2, -0.15) is 0 Å². The van der Waals surface area contributed by atoms with Gasteiger partial charge in [0.05, 0.1) is 25.7 Å². The fourth-order valence-corrected chi connectivity index (χ4v) is 2.35. The first-order valence-corrected chi connectivity index (χ1v) is 8.98. The highest BCUT2D eigenvalue weighted by molar-refractivity contribution is 5.94. The third-order valence-corrected chi connectivity index (χ3v) is 3.77. The van der Waals surface area contributed by atoms with Gasteiger partial charge in [0.2, 0.25) is 0 Å². The summed E-state index contributed by atoms with van der Waals surface area (Å²) >= 11 is 0. The Morgan fingerprint density at radius 3 is 2.38 bits per heavy atom. The summed E-state index contributed by atoms with van der Waals surface area (Å²) in [5, 5.41) is 2.55. The zero-order valence-electron chi connectivity index (χ0n) is 16.2. The summed E-state index contributed by atoms with van der Waals surface area (Å²) < 4.78 is 28.4. The van der Waals surface area contributed by atoms with Gasteiger partial charge < -0.3 is 19.5 Å². The average molecular weight is 403 g/mol. The molecule has 0 aliphatic carbocycles. The summed E-state index contributed by atoms with van der Waals surface area (Å²) in [5.41, 5.74) is 1.21. The number of nitrogens with one attached hydrogen (secondary N) is 1. The summed E-state index contributed by atoms with van der Waals surface area (Å²) in [4.78, 5) is 35.5. The fourth-order valence-electron chi connectivity index (χ4n) is 2.35. The van der Waals surface area contributed by atoms with Gasteiger partial charge in [-0.1, -0.05) is 13.0 Å². The minimum Gasteiger partial charge on any atom is -0.494 e. The minimum atomic E-state index is -0.668. The molecular weight excluding hydrogens is 381 g/mol. The van der Waals surface area contributed by atoms with Crippen LogP contribution in [0.1, 0.15) is 29.3 Å². The highest BCUT2D eigenvalue weighted by atomic mass is 19.1. The molecule has 0 saturated carbocycles. The molecule has 0 spiro atoms. The fraction of sp³-hybridized carbons (Fsp3) is 0.286. The molecule has 0 radical (unpaired) electrons. The zero-order valence-corrected chi connectivity index (χ0v) is 16.2. The molecule has 0 heterocycles. The van der Waals surface area contributed by atoms with Crippen LogP contribution in [-0.4, -0.2) is 38.2 Å². The van der Waals surface area contributed by atoms with Crippen molar-refractivity contribution in [2.45, 2.75) is 19.8 Å². The van der Waals surface area contributed by atoms with E-state index in [4.69, 9.17) is 14.2 Å². The Morgan fingerprint density at radius 2 is 1.76 bits per heavy atom. The van der Waals surface area contributed by atoms with Gasteiger partial charge in [-0.15, -0.1) is 0 Å². The summed E-state index contributed by atoms with van der Waals surface area (Å²) in [6.45, 7) is 1.75. The number of hydrogen-bond acceptors (Lipinski definition) is 6.